The summed E-state index contributed by atoms with van der Waals surface area (Å²) in [6, 6.07) is 0. The van der Waals surface area contributed by atoms with Crippen LogP contribution in [0.1, 0.15) is 65.7 Å². The van der Waals surface area contributed by atoms with Crippen molar-refractivity contribution in [1.29, 1.82) is 0 Å². The van der Waals surface area contributed by atoms with E-state index in [9.17, 15) is 0 Å². The average Bonchev–Trinajstić information content (AvgIpc) is 2.37. The van der Waals surface area contributed by atoms with Gasteiger partial charge in [0.25, 0.3) is 0 Å². The van der Waals surface area contributed by atoms with E-state index in [0.717, 1.165) is 6.42 Å². The molecule has 0 heterocycles. The monoisotopic (exact) mass is 345 g/mol. The van der Waals surface area contributed by atoms with Crippen LogP contribution in [-0.4, -0.2) is 18.4 Å². The zero-order valence-electron chi connectivity index (χ0n) is 12.5. The molecule has 0 saturated carbocycles. The second-order valence-electron chi connectivity index (χ2n) is 5.44. The second-order valence-corrected chi connectivity index (χ2v) is 19.1. The molecule has 0 spiro atoms. The Bertz CT molecular complexity index is 174. The van der Waals surface area contributed by atoms with Gasteiger partial charge in [0.15, 0.2) is 0 Å². The van der Waals surface area contributed by atoms with Gasteiger partial charge in [-0.15, -0.1) is 0 Å². The molecule has 0 fully saturated rings. The summed E-state index contributed by atoms with van der Waals surface area (Å²) in [5.74, 6) is 0. The summed E-state index contributed by atoms with van der Waals surface area (Å²) < 4.78 is 6.24. The molecule has 0 amide bonds. The molecule has 0 aliphatic carbocycles. The molecule has 0 aromatic heterocycles. The van der Waals surface area contributed by atoms with Crippen LogP contribution in [0.2, 0.25) is 13.3 Å². The quantitative estimate of drug-likeness (QED) is 0.394. The first kappa shape index (κ1) is 17.5. The minimum absolute atomic E-state index is 1.01. The molecule has 0 saturated heterocycles. The molecule has 1 radical (unpaired) electrons. The summed E-state index contributed by atoms with van der Waals surface area (Å²) in [7, 11) is 0. The molecule has 1 heteroatoms. The van der Waals surface area contributed by atoms with E-state index in [1.165, 1.54) is 38.5 Å². The van der Waals surface area contributed by atoms with Gasteiger partial charge in [-0.2, -0.15) is 0 Å². The fraction of sp³-hybridized carbons (Fsp3) is 0.812. The van der Waals surface area contributed by atoms with Crippen molar-refractivity contribution in [3.05, 3.63) is 17.1 Å². The molecule has 0 nitrogen and oxygen atoms in total. The van der Waals surface area contributed by atoms with Crippen LogP contribution in [0.25, 0.3) is 0 Å². The topological polar surface area (TPSA) is 0 Å². The molecule has 0 aromatic rings. The molecule has 0 aliphatic heterocycles. The zero-order chi connectivity index (χ0) is 13.1. The molecule has 0 unspecified atom stereocenters. The van der Waals surface area contributed by atoms with E-state index >= 15 is 0 Å². The van der Waals surface area contributed by atoms with Crippen LogP contribution in [0.3, 0.4) is 0 Å². The van der Waals surface area contributed by atoms with Gasteiger partial charge in [0, 0.05) is 0 Å². The summed E-state index contributed by atoms with van der Waals surface area (Å²) in [5, 5.41) is 0. The fourth-order valence-corrected chi connectivity index (χ4v) is 18.2. The van der Waals surface area contributed by atoms with Crippen LogP contribution in [-0.2, 0) is 0 Å². The number of hydrogen-bond acceptors (Lipinski definition) is 0. The normalized spacial score (nSPS) is 11.8. The van der Waals surface area contributed by atoms with Gasteiger partial charge >= 0.3 is 114 Å². The molecule has 0 rings (SSSR count). The third kappa shape index (κ3) is 6.31. The number of hydrogen-bond donors (Lipinski definition) is 0. The van der Waals surface area contributed by atoms with Crippen LogP contribution < -0.4 is 0 Å². The van der Waals surface area contributed by atoms with Gasteiger partial charge in [-0.05, 0) is 0 Å². The Labute approximate surface area is 114 Å². The minimum atomic E-state index is -2.05. The van der Waals surface area contributed by atoms with Gasteiger partial charge in [-0.1, -0.05) is 0 Å². The van der Waals surface area contributed by atoms with Gasteiger partial charge < -0.3 is 0 Å². The van der Waals surface area contributed by atoms with Crippen LogP contribution in [0.5, 0.6) is 0 Å². The summed E-state index contributed by atoms with van der Waals surface area (Å²) >= 11 is -2.05. The predicted molar refractivity (Wildman–Crippen MR) is 84.0 cm³/mol. The van der Waals surface area contributed by atoms with E-state index < -0.39 is 18.4 Å². The van der Waals surface area contributed by atoms with Crippen molar-refractivity contribution >= 4 is 18.4 Å². The van der Waals surface area contributed by atoms with Gasteiger partial charge in [0.2, 0.25) is 0 Å². The van der Waals surface area contributed by atoms with E-state index in [4.69, 9.17) is 0 Å². The number of unbranched alkanes of at least 4 members (excludes halogenated alkanes) is 3. The van der Waals surface area contributed by atoms with Crippen molar-refractivity contribution in [3.8, 4) is 0 Å². The maximum atomic E-state index is 4.44. The van der Waals surface area contributed by atoms with Gasteiger partial charge in [-0.3, -0.25) is 0 Å². The standard InChI is InChI=1S/3C4H9.C4H6.Sn/c4*1-3-4-2;/h3*1,3-4H2,2H3;1-3H2;. The molecule has 0 atom stereocenters. The number of rotatable bonds is 11. The third-order valence-electron chi connectivity index (χ3n) is 4.08. The van der Waals surface area contributed by atoms with E-state index in [-0.39, 0.29) is 0 Å². The Hall–Kier alpha value is 0.539. The molecule has 0 aromatic carbocycles. The number of allylic oxidation sites excluding steroid dienone is 1. The molecule has 0 aliphatic rings. The van der Waals surface area contributed by atoms with E-state index in [2.05, 4.69) is 34.3 Å². The van der Waals surface area contributed by atoms with Crippen LogP contribution in [0.4, 0.5) is 0 Å². The van der Waals surface area contributed by atoms with Crippen molar-refractivity contribution in [1.82, 2.24) is 0 Å². The fourth-order valence-electron chi connectivity index (χ4n) is 2.72. The Morgan fingerprint density at radius 2 is 1.18 bits per heavy atom. The molecule has 101 valence electrons. The zero-order valence-corrected chi connectivity index (χ0v) is 15.3. The van der Waals surface area contributed by atoms with Crippen LogP contribution >= 0.6 is 0 Å². The van der Waals surface area contributed by atoms with Crippen LogP contribution in [0.15, 0.2) is 10.2 Å². The first-order chi connectivity index (χ1) is 8.16. The van der Waals surface area contributed by atoms with E-state index in [0.29, 0.717) is 0 Å². The predicted octanol–water partition coefficient (Wildman–Crippen LogP) is 6.16. The Morgan fingerprint density at radius 3 is 1.41 bits per heavy atom. The summed E-state index contributed by atoms with van der Waals surface area (Å²) in [6.07, 6.45) is 9.35. The molecule has 0 bridgehead atoms. The van der Waals surface area contributed by atoms with Crippen molar-refractivity contribution in [2.45, 2.75) is 79.0 Å². The van der Waals surface area contributed by atoms with Gasteiger partial charge in [0.05, 0.1) is 0 Å². The summed E-state index contributed by atoms with van der Waals surface area (Å²) in [6.45, 7) is 15.5. The second kappa shape index (κ2) is 10.5. The Balaban J connectivity index is 4.70. The van der Waals surface area contributed by atoms with E-state index in [1.807, 2.05) is 0 Å². The van der Waals surface area contributed by atoms with Gasteiger partial charge in [0.1, 0.15) is 0 Å². The first-order valence-corrected chi connectivity index (χ1v) is 15.1. The van der Waals surface area contributed by atoms with Crippen molar-refractivity contribution in [2.24, 2.45) is 0 Å². The average molecular weight is 344 g/mol. The molecule has 17 heavy (non-hydrogen) atoms. The van der Waals surface area contributed by atoms with Crippen molar-refractivity contribution in [2.75, 3.05) is 0 Å². The van der Waals surface area contributed by atoms with Crippen molar-refractivity contribution < 1.29 is 0 Å². The summed E-state index contributed by atoms with van der Waals surface area (Å²) in [5.41, 5.74) is 0. The van der Waals surface area contributed by atoms with Gasteiger partial charge in [-0.25, -0.2) is 0 Å². The Morgan fingerprint density at radius 1 is 0.824 bits per heavy atom. The SMILES string of the molecule is [CH2]C[C](=C)[Sn]([CH2]CCC)([CH2]CCC)[CH2]CCC. The third-order valence-corrected chi connectivity index (χ3v) is 20.3. The van der Waals surface area contributed by atoms with Crippen LogP contribution in [0, 0.1) is 6.92 Å². The maximum absolute atomic E-state index is 4.44. The molecule has 0 N–H and O–H groups in total. The summed E-state index contributed by atoms with van der Waals surface area (Å²) in [4.78, 5) is 0. The molecular formula is C16H33Sn. The van der Waals surface area contributed by atoms with E-state index in [1.54, 1.807) is 16.9 Å². The van der Waals surface area contributed by atoms with Crippen molar-refractivity contribution in [3.63, 3.8) is 0 Å². The first-order valence-electron chi connectivity index (χ1n) is 7.64. The molecular weight excluding hydrogens is 311 g/mol. The Kier molecular flexibility index (Phi) is 10.8.